The summed E-state index contributed by atoms with van der Waals surface area (Å²) in [5.74, 6) is 0.0198. The first-order valence-corrected chi connectivity index (χ1v) is 12.5. The van der Waals surface area contributed by atoms with Gasteiger partial charge in [-0.25, -0.2) is 13.2 Å². The Labute approximate surface area is 191 Å². The second-order valence-electron chi connectivity index (χ2n) is 8.37. The van der Waals surface area contributed by atoms with E-state index >= 15 is 0 Å². The van der Waals surface area contributed by atoms with Gasteiger partial charge in [0.15, 0.2) is 5.58 Å². The van der Waals surface area contributed by atoms with Crippen molar-refractivity contribution in [2.75, 3.05) is 19.6 Å². The topological polar surface area (TPSA) is 111 Å². The first-order valence-electron chi connectivity index (χ1n) is 11.1. The van der Waals surface area contributed by atoms with Crippen LogP contribution < -0.4 is 15.8 Å². The van der Waals surface area contributed by atoms with Gasteiger partial charge < -0.3 is 14.5 Å². The second kappa shape index (κ2) is 8.68. The van der Waals surface area contributed by atoms with Gasteiger partial charge in [0.1, 0.15) is 11.9 Å². The summed E-state index contributed by atoms with van der Waals surface area (Å²) in [4.78, 5) is 24.8. The summed E-state index contributed by atoms with van der Waals surface area (Å²) in [6.45, 7) is 1.50. The molecule has 1 saturated heterocycles. The molecule has 3 heterocycles. The molecule has 33 heavy (non-hydrogen) atoms. The number of oxazole rings is 1. The van der Waals surface area contributed by atoms with Crippen LogP contribution in [0.15, 0.2) is 56.6 Å². The Morgan fingerprint density at radius 3 is 2.70 bits per heavy atom. The minimum atomic E-state index is -3.61. The zero-order valence-electron chi connectivity index (χ0n) is 18.0. The first-order chi connectivity index (χ1) is 15.9. The number of fused-ring (bicyclic) bond motifs is 2. The molecule has 0 saturated carbocycles. The average molecular weight is 472 g/mol. The Bertz CT molecular complexity index is 1330. The molecule has 1 fully saturated rings. The average Bonchev–Trinajstić information content (AvgIpc) is 3.54. The number of benzene rings is 2. The Morgan fingerprint density at radius 1 is 1.12 bits per heavy atom. The molecule has 9 nitrogen and oxygen atoms in total. The van der Waals surface area contributed by atoms with E-state index < -0.39 is 15.8 Å². The molecule has 5 rings (SSSR count). The van der Waals surface area contributed by atoms with Crippen molar-refractivity contribution in [1.29, 1.82) is 0 Å². The van der Waals surface area contributed by atoms with Crippen LogP contribution in [0, 0.1) is 0 Å². The summed E-state index contributed by atoms with van der Waals surface area (Å²) in [5, 5.41) is 2.85. The molecule has 0 aliphatic carbocycles. The molecule has 0 spiro atoms. The molecule has 2 aliphatic rings. The van der Waals surface area contributed by atoms with Crippen molar-refractivity contribution in [3.05, 3.63) is 58.6 Å². The van der Waals surface area contributed by atoms with Gasteiger partial charge in [-0.15, -0.1) is 0 Å². The van der Waals surface area contributed by atoms with Gasteiger partial charge in [-0.2, -0.15) is 4.31 Å². The fourth-order valence-corrected chi connectivity index (χ4v) is 5.93. The van der Waals surface area contributed by atoms with Gasteiger partial charge in [0.25, 0.3) is 0 Å². The third-order valence-electron chi connectivity index (χ3n) is 6.15. The smallest absolute Gasteiger partial charge is 0.419 e. The fraction of sp³-hybridized carbons (Fsp3) is 0.391. The maximum absolute atomic E-state index is 12.8. The number of ether oxygens (including phenoxy) is 1. The number of sulfonamides is 1. The minimum absolute atomic E-state index is 0.0854. The normalized spacial score (nSPS) is 18.4. The van der Waals surface area contributed by atoms with Crippen molar-refractivity contribution in [1.82, 2.24) is 14.2 Å². The third-order valence-corrected chi connectivity index (χ3v) is 8.04. The number of hydrogen-bond acceptors (Lipinski definition) is 6. The number of para-hydroxylation sites is 1. The molecule has 3 aromatic rings. The largest absolute Gasteiger partial charge is 0.488 e. The number of carbonyl (C=O) groups excluding carboxylic acids is 1. The minimum Gasteiger partial charge on any atom is -0.488 e. The third kappa shape index (κ3) is 4.28. The van der Waals surface area contributed by atoms with Crippen LogP contribution in [0.4, 0.5) is 0 Å². The highest BCUT2D eigenvalue weighted by Crippen LogP contribution is 2.28. The van der Waals surface area contributed by atoms with Gasteiger partial charge in [-0.05, 0) is 36.6 Å². The summed E-state index contributed by atoms with van der Waals surface area (Å²) < 4.78 is 39.4. The molecule has 1 N–H and O–H groups in total. The van der Waals surface area contributed by atoms with Crippen LogP contribution in [0.1, 0.15) is 24.8 Å². The molecule has 1 aromatic heterocycles. The van der Waals surface area contributed by atoms with E-state index in [4.69, 9.17) is 9.15 Å². The SMILES string of the molecule is O=C(CCn1c(=O)oc2cc(S(=O)(=O)N3CCCC3)ccc21)NCC1Cc2ccccc2O1. The molecule has 174 valence electrons. The lowest BCUT2D eigenvalue weighted by molar-refractivity contribution is -0.121. The van der Waals surface area contributed by atoms with Crippen LogP contribution >= 0.6 is 0 Å². The number of rotatable bonds is 7. The van der Waals surface area contributed by atoms with Crippen LogP contribution in [0.5, 0.6) is 5.75 Å². The van der Waals surface area contributed by atoms with Gasteiger partial charge >= 0.3 is 5.76 Å². The molecular formula is C23H25N3O6S. The van der Waals surface area contributed by atoms with Crippen molar-refractivity contribution in [3.63, 3.8) is 0 Å². The molecular weight excluding hydrogens is 446 g/mol. The lowest BCUT2D eigenvalue weighted by Gasteiger charge is -2.15. The molecule has 10 heteroatoms. The number of amides is 1. The van der Waals surface area contributed by atoms with Gasteiger partial charge in [0.2, 0.25) is 15.9 Å². The van der Waals surface area contributed by atoms with E-state index in [1.807, 2.05) is 24.3 Å². The van der Waals surface area contributed by atoms with Crippen LogP contribution in [0.2, 0.25) is 0 Å². The van der Waals surface area contributed by atoms with Crippen molar-refractivity contribution in [2.45, 2.75) is 43.2 Å². The standard InChI is InChI=1S/C23H25N3O6S/c27-22(24-15-17-13-16-5-1-2-6-20(16)31-17)9-12-26-19-8-7-18(14-21(19)32-23(26)28)33(29,30)25-10-3-4-11-25/h1-2,5-8,14,17H,3-4,9-13,15H2,(H,24,27). The van der Waals surface area contributed by atoms with Crippen molar-refractivity contribution in [2.24, 2.45) is 0 Å². The van der Waals surface area contributed by atoms with Gasteiger partial charge in [0, 0.05) is 38.5 Å². The van der Waals surface area contributed by atoms with Crippen molar-refractivity contribution in [3.8, 4) is 5.75 Å². The molecule has 2 aromatic carbocycles. The highest BCUT2D eigenvalue weighted by Gasteiger charge is 2.28. The van der Waals surface area contributed by atoms with E-state index in [0.717, 1.165) is 30.6 Å². The highest BCUT2D eigenvalue weighted by atomic mass is 32.2. The zero-order chi connectivity index (χ0) is 23.0. The van der Waals surface area contributed by atoms with Gasteiger partial charge in [-0.1, -0.05) is 18.2 Å². The van der Waals surface area contributed by atoms with Gasteiger partial charge in [-0.3, -0.25) is 9.36 Å². The Hall–Kier alpha value is -3.11. The fourth-order valence-electron chi connectivity index (χ4n) is 4.39. The number of aryl methyl sites for hydroxylation is 1. The molecule has 1 atom stereocenters. The molecule has 1 unspecified atom stereocenters. The van der Waals surface area contributed by atoms with E-state index in [0.29, 0.717) is 25.2 Å². The highest BCUT2D eigenvalue weighted by molar-refractivity contribution is 7.89. The summed E-state index contributed by atoms with van der Waals surface area (Å²) >= 11 is 0. The maximum Gasteiger partial charge on any atom is 0.419 e. The van der Waals surface area contributed by atoms with E-state index in [2.05, 4.69) is 5.32 Å². The maximum atomic E-state index is 12.8. The Kier molecular flexibility index (Phi) is 5.71. The summed E-state index contributed by atoms with van der Waals surface area (Å²) in [6, 6.07) is 12.2. The molecule has 2 aliphatic heterocycles. The predicted octanol–water partition coefficient (Wildman–Crippen LogP) is 1.89. The second-order valence-corrected chi connectivity index (χ2v) is 10.3. The number of hydrogen-bond donors (Lipinski definition) is 1. The summed E-state index contributed by atoms with van der Waals surface area (Å²) in [5.41, 5.74) is 1.78. The van der Waals surface area contributed by atoms with E-state index in [-0.39, 0.29) is 35.5 Å². The van der Waals surface area contributed by atoms with Crippen molar-refractivity contribution < 1.29 is 22.4 Å². The van der Waals surface area contributed by atoms with E-state index in [9.17, 15) is 18.0 Å². The summed E-state index contributed by atoms with van der Waals surface area (Å²) in [7, 11) is -3.61. The number of aromatic nitrogens is 1. The number of nitrogens with zero attached hydrogens (tertiary/aromatic N) is 2. The zero-order valence-corrected chi connectivity index (χ0v) is 18.8. The Balaban J connectivity index is 1.22. The summed E-state index contributed by atoms with van der Waals surface area (Å²) in [6.07, 6.45) is 2.40. The van der Waals surface area contributed by atoms with Crippen LogP contribution in [-0.2, 0) is 27.8 Å². The van der Waals surface area contributed by atoms with Crippen LogP contribution in [0.3, 0.4) is 0 Å². The monoisotopic (exact) mass is 471 g/mol. The lowest BCUT2D eigenvalue weighted by atomic mass is 10.1. The lowest BCUT2D eigenvalue weighted by Crippen LogP contribution is -2.35. The quantitative estimate of drug-likeness (QED) is 0.563. The molecule has 0 bridgehead atoms. The first kappa shape index (κ1) is 21.7. The Morgan fingerprint density at radius 2 is 1.91 bits per heavy atom. The van der Waals surface area contributed by atoms with Crippen LogP contribution in [-0.4, -0.2) is 48.9 Å². The van der Waals surface area contributed by atoms with E-state index in [1.54, 1.807) is 6.07 Å². The predicted molar refractivity (Wildman–Crippen MR) is 121 cm³/mol. The van der Waals surface area contributed by atoms with E-state index in [1.165, 1.54) is 21.0 Å². The number of carbonyl (C=O) groups is 1. The molecule has 1 amide bonds. The van der Waals surface area contributed by atoms with Crippen LogP contribution in [0.25, 0.3) is 11.1 Å². The molecule has 0 radical (unpaired) electrons. The van der Waals surface area contributed by atoms with Crippen molar-refractivity contribution >= 4 is 27.0 Å². The van der Waals surface area contributed by atoms with Gasteiger partial charge in [0.05, 0.1) is 17.0 Å². The number of nitrogens with one attached hydrogen (secondary N) is 1.